The molecule has 0 spiro atoms. The number of nitrogens with one attached hydrogen (secondary N) is 3. The predicted molar refractivity (Wildman–Crippen MR) is 124 cm³/mol. The van der Waals surface area contributed by atoms with Crippen molar-refractivity contribution in [3.8, 4) is 5.75 Å². The molecule has 0 fully saturated rings. The van der Waals surface area contributed by atoms with Gasteiger partial charge in [0.15, 0.2) is 11.7 Å². The molecule has 0 heterocycles. The van der Waals surface area contributed by atoms with E-state index in [1.165, 1.54) is 0 Å². The topological polar surface area (TPSA) is 79.5 Å². The van der Waals surface area contributed by atoms with Crippen LogP contribution in [0.1, 0.15) is 41.3 Å². The van der Waals surface area contributed by atoms with Crippen LogP contribution in [-0.2, 0) is 4.79 Å². The molecule has 2 amide bonds. The van der Waals surface area contributed by atoms with Gasteiger partial charge in [0, 0.05) is 10.0 Å². The van der Waals surface area contributed by atoms with E-state index >= 15 is 0 Å². The minimum absolute atomic E-state index is 0.0254. The minimum Gasteiger partial charge on any atom is -0.483 e. The maximum absolute atomic E-state index is 12.2. The second-order valence-electron chi connectivity index (χ2n) is 6.55. The summed E-state index contributed by atoms with van der Waals surface area (Å²) >= 11 is 11.8. The maximum Gasteiger partial charge on any atom is 0.276 e. The summed E-state index contributed by atoms with van der Waals surface area (Å²) in [5, 5.41) is 2.47. The Morgan fingerprint density at radius 3 is 2.41 bits per heavy atom. The molecule has 0 bridgehead atoms. The second kappa shape index (κ2) is 10.7. The number of ether oxygens (including phenoxy) is 1. The molecule has 2 rings (SSSR count). The van der Waals surface area contributed by atoms with Crippen LogP contribution in [0.2, 0.25) is 0 Å². The zero-order valence-electron chi connectivity index (χ0n) is 16.1. The van der Waals surface area contributed by atoms with Crippen LogP contribution in [0.25, 0.3) is 0 Å². The van der Waals surface area contributed by atoms with Crippen molar-refractivity contribution in [1.29, 1.82) is 0 Å². The van der Waals surface area contributed by atoms with Crippen LogP contribution in [-0.4, -0.2) is 23.5 Å². The first-order valence-corrected chi connectivity index (χ1v) is 10.8. The molecule has 0 aliphatic heterocycles. The number of carbonyl (C=O) groups is 2. The van der Waals surface area contributed by atoms with E-state index in [1.54, 1.807) is 12.1 Å². The van der Waals surface area contributed by atoms with E-state index in [-0.39, 0.29) is 17.6 Å². The number of benzene rings is 2. The SMILES string of the molecule is Cc1ccc(C(=O)NC(=S)NNC(=O)COc2ccc(C(C)C)cc2Br)cc1Br. The molecule has 0 unspecified atom stereocenters. The van der Waals surface area contributed by atoms with Crippen LogP contribution in [0.15, 0.2) is 45.3 Å². The highest BCUT2D eigenvalue weighted by Gasteiger charge is 2.11. The van der Waals surface area contributed by atoms with Gasteiger partial charge in [0.25, 0.3) is 11.8 Å². The maximum atomic E-state index is 12.2. The van der Waals surface area contributed by atoms with Gasteiger partial charge in [-0.3, -0.25) is 25.8 Å². The third-order valence-electron chi connectivity index (χ3n) is 3.96. The number of halogens is 2. The first-order chi connectivity index (χ1) is 13.7. The van der Waals surface area contributed by atoms with Gasteiger partial charge in [-0.2, -0.15) is 0 Å². The average molecular weight is 543 g/mol. The van der Waals surface area contributed by atoms with Crippen molar-refractivity contribution in [2.24, 2.45) is 0 Å². The van der Waals surface area contributed by atoms with Gasteiger partial charge in [-0.1, -0.05) is 41.9 Å². The number of hydrazine groups is 1. The van der Waals surface area contributed by atoms with Crippen LogP contribution in [0, 0.1) is 6.92 Å². The van der Waals surface area contributed by atoms with E-state index in [2.05, 4.69) is 61.9 Å². The van der Waals surface area contributed by atoms with E-state index < -0.39 is 5.91 Å². The van der Waals surface area contributed by atoms with Crippen LogP contribution >= 0.6 is 44.1 Å². The lowest BCUT2D eigenvalue weighted by Gasteiger charge is -2.13. The average Bonchev–Trinajstić information content (AvgIpc) is 2.67. The summed E-state index contributed by atoms with van der Waals surface area (Å²) in [5.74, 6) is 0.123. The molecule has 3 N–H and O–H groups in total. The molecule has 0 saturated carbocycles. The van der Waals surface area contributed by atoms with E-state index in [1.807, 2.05) is 31.2 Å². The normalized spacial score (nSPS) is 10.4. The number of hydrogen-bond donors (Lipinski definition) is 3. The van der Waals surface area contributed by atoms with Gasteiger partial charge in [0.1, 0.15) is 5.75 Å². The fourth-order valence-corrected chi connectivity index (χ4v) is 3.27. The highest BCUT2D eigenvalue weighted by molar-refractivity contribution is 9.10. The summed E-state index contributed by atoms with van der Waals surface area (Å²) < 4.78 is 7.10. The number of thiocarbonyl (C=S) groups is 1. The fraction of sp³-hybridized carbons (Fsp3) is 0.250. The molecule has 154 valence electrons. The van der Waals surface area contributed by atoms with Crippen LogP contribution in [0.5, 0.6) is 5.75 Å². The molecule has 0 aliphatic rings. The second-order valence-corrected chi connectivity index (χ2v) is 8.67. The van der Waals surface area contributed by atoms with Gasteiger partial charge in [0.2, 0.25) is 0 Å². The first-order valence-electron chi connectivity index (χ1n) is 8.76. The summed E-state index contributed by atoms with van der Waals surface area (Å²) in [7, 11) is 0. The number of aryl methyl sites for hydroxylation is 1. The number of carbonyl (C=O) groups excluding carboxylic acids is 2. The Morgan fingerprint density at radius 1 is 1.07 bits per heavy atom. The van der Waals surface area contributed by atoms with Gasteiger partial charge in [-0.15, -0.1) is 0 Å². The van der Waals surface area contributed by atoms with Crippen molar-refractivity contribution >= 4 is 61.0 Å². The predicted octanol–water partition coefficient (Wildman–Crippen LogP) is 4.36. The molecule has 2 aromatic rings. The van der Waals surface area contributed by atoms with E-state index in [0.29, 0.717) is 17.2 Å². The summed E-state index contributed by atoms with van der Waals surface area (Å²) in [6, 6.07) is 10.9. The number of rotatable bonds is 5. The van der Waals surface area contributed by atoms with Crippen LogP contribution in [0.4, 0.5) is 0 Å². The highest BCUT2D eigenvalue weighted by atomic mass is 79.9. The first kappa shape index (κ1) is 23.3. The van der Waals surface area contributed by atoms with E-state index in [0.717, 1.165) is 20.1 Å². The third kappa shape index (κ3) is 7.09. The van der Waals surface area contributed by atoms with Gasteiger partial charge in [-0.05, 0) is 76.4 Å². The Kier molecular flexibility index (Phi) is 8.60. The summed E-state index contributed by atoms with van der Waals surface area (Å²) in [5.41, 5.74) is 7.48. The van der Waals surface area contributed by atoms with Gasteiger partial charge in [0.05, 0.1) is 4.47 Å². The van der Waals surface area contributed by atoms with Crippen molar-refractivity contribution in [3.63, 3.8) is 0 Å². The smallest absolute Gasteiger partial charge is 0.276 e. The Bertz CT molecular complexity index is 935. The largest absolute Gasteiger partial charge is 0.483 e. The molecular formula is C20H21Br2N3O3S. The van der Waals surface area contributed by atoms with Crippen LogP contribution < -0.4 is 20.9 Å². The van der Waals surface area contributed by atoms with Crippen molar-refractivity contribution in [2.75, 3.05) is 6.61 Å². The van der Waals surface area contributed by atoms with Crippen molar-refractivity contribution < 1.29 is 14.3 Å². The van der Waals surface area contributed by atoms with E-state index in [4.69, 9.17) is 17.0 Å². The molecular weight excluding hydrogens is 522 g/mol. The molecule has 0 atom stereocenters. The van der Waals surface area contributed by atoms with E-state index in [9.17, 15) is 9.59 Å². The Morgan fingerprint density at radius 2 is 1.79 bits per heavy atom. The molecule has 0 saturated heterocycles. The van der Waals surface area contributed by atoms with Crippen molar-refractivity contribution in [3.05, 3.63) is 62.0 Å². The van der Waals surface area contributed by atoms with Crippen LogP contribution in [0.3, 0.4) is 0 Å². The summed E-state index contributed by atoms with van der Waals surface area (Å²) in [4.78, 5) is 24.1. The van der Waals surface area contributed by atoms with Gasteiger partial charge < -0.3 is 4.74 Å². The number of amides is 2. The van der Waals surface area contributed by atoms with Gasteiger partial charge >= 0.3 is 0 Å². The Labute approximate surface area is 192 Å². The standard InChI is InChI=1S/C20H21Br2N3O3S/c1-11(2)13-6-7-17(16(22)8-13)28-10-18(26)24-25-20(29)23-19(27)14-5-4-12(3)15(21)9-14/h4-9,11H,10H2,1-3H3,(H,24,26)(H2,23,25,27,29). The number of hydrogen-bond acceptors (Lipinski definition) is 4. The molecule has 29 heavy (non-hydrogen) atoms. The summed E-state index contributed by atoms with van der Waals surface area (Å²) in [6.45, 7) is 5.91. The summed E-state index contributed by atoms with van der Waals surface area (Å²) in [6.07, 6.45) is 0. The van der Waals surface area contributed by atoms with Crippen molar-refractivity contribution in [2.45, 2.75) is 26.7 Å². The molecule has 0 aromatic heterocycles. The quantitative estimate of drug-likeness (QED) is 0.386. The van der Waals surface area contributed by atoms with Gasteiger partial charge in [-0.25, -0.2) is 0 Å². The molecule has 0 aliphatic carbocycles. The molecule has 6 nitrogen and oxygen atoms in total. The zero-order chi connectivity index (χ0) is 21.6. The zero-order valence-corrected chi connectivity index (χ0v) is 20.1. The lowest BCUT2D eigenvalue weighted by molar-refractivity contribution is -0.123. The third-order valence-corrected chi connectivity index (χ3v) is 5.64. The monoisotopic (exact) mass is 541 g/mol. The lowest BCUT2D eigenvalue weighted by Crippen LogP contribution is -2.49. The minimum atomic E-state index is -0.445. The molecule has 0 radical (unpaired) electrons. The highest BCUT2D eigenvalue weighted by Crippen LogP contribution is 2.28. The fourth-order valence-electron chi connectivity index (χ4n) is 2.24. The Balaban J connectivity index is 1.79. The van der Waals surface area contributed by atoms with Crippen molar-refractivity contribution in [1.82, 2.24) is 16.2 Å². The molecule has 2 aromatic carbocycles. The lowest BCUT2D eigenvalue weighted by atomic mass is 10.0. The Hall–Kier alpha value is -1.97. The molecule has 9 heteroatoms.